The number of nitrogens with zero attached hydrogens (tertiary/aromatic N) is 2. The summed E-state index contributed by atoms with van der Waals surface area (Å²) in [5, 5.41) is 5.22. The summed E-state index contributed by atoms with van der Waals surface area (Å²) in [4.78, 5) is 51.8. The van der Waals surface area contributed by atoms with E-state index >= 15 is 0 Å². The molecule has 0 radical (unpaired) electrons. The van der Waals surface area contributed by atoms with Crippen molar-refractivity contribution < 1.29 is 9.59 Å². The molecule has 3 amide bonds. The Morgan fingerprint density at radius 1 is 1.21 bits per heavy atom. The van der Waals surface area contributed by atoms with Crippen LogP contribution in [0.15, 0.2) is 39.9 Å². The Balaban J connectivity index is 2.00. The molecular formula is C19H26N6O4. The number of para-hydroxylation sites is 1. The second-order valence-corrected chi connectivity index (χ2v) is 6.45. The third kappa shape index (κ3) is 5.71. The molecule has 156 valence electrons. The van der Waals surface area contributed by atoms with Crippen LogP contribution in [-0.4, -0.2) is 35.1 Å². The molecule has 0 aliphatic carbocycles. The molecule has 1 aromatic carbocycles. The van der Waals surface area contributed by atoms with Crippen LogP contribution in [-0.2, 0) is 11.3 Å². The van der Waals surface area contributed by atoms with Gasteiger partial charge in [-0.25, -0.2) is 9.59 Å². The normalized spacial score (nSPS) is 10.4. The molecule has 0 aliphatic heterocycles. The Morgan fingerprint density at radius 2 is 1.90 bits per heavy atom. The summed E-state index contributed by atoms with van der Waals surface area (Å²) in [6.07, 6.45) is 1.49. The van der Waals surface area contributed by atoms with Crippen molar-refractivity contribution in [2.24, 2.45) is 0 Å². The van der Waals surface area contributed by atoms with Crippen LogP contribution in [0.3, 0.4) is 0 Å². The number of unbranched alkanes of at least 4 members (excludes halogenated alkanes) is 1. The number of aromatic amines is 1. The molecule has 2 aromatic rings. The second-order valence-electron chi connectivity index (χ2n) is 6.45. The van der Waals surface area contributed by atoms with E-state index in [-0.39, 0.29) is 24.5 Å². The molecule has 2 rings (SSSR count). The van der Waals surface area contributed by atoms with Crippen LogP contribution < -0.4 is 32.5 Å². The van der Waals surface area contributed by atoms with Gasteiger partial charge >= 0.3 is 11.7 Å². The zero-order chi connectivity index (χ0) is 21.4. The number of urea groups is 1. The third-order valence-electron chi connectivity index (χ3n) is 4.31. The van der Waals surface area contributed by atoms with Crippen LogP contribution in [0.5, 0.6) is 0 Å². The molecule has 10 nitrogen and oxygen atoms in total. The van der Waals surface area contributed by atoms with E-state index in [0.29, 0.717) is 18.7 Å². The van der Waals surface area contributed by atoms with Crippen LogP contribution in [0.4, 0.5) is 22.0 Å². The predicted molar refractivity (Wildman–Crippen MR) is 112 cm³/mol. The molecule has 10 heteroatoms. The smallest absolute Gasteiger partial charge is 0.330 e. The highest BCUT2D eigenvalue weighted by molar-refractivity contribution is 5.95. The van der Waals surface area contributed by atoms with Crippen LogP contribution in [0.2, 0.25) is 0 Å². The van der Waals surface area contributed by atoms with E-state index in [9.17, 15) is 19.2 Å². The first kappa shape index (κ1) is 21.7. The minimum absolute atomic E-state index is 0.0499. The minimum atomic E-state index is -0.731. The van der Waals surface area contributed by atoms with Crippen LogP contribution in [0.25, 0.3) is 0 Å². The average Bonchev–Trinajstić information content (AvgIpc) is 2.68. The van der Waals surface area contributed by atoms with E-state index in [2.05, 4.69) is 15.6 Å². The molecule has 0 spiro atoms. The maximum Gasteiger partial charge on any atom is 0.330 e. The molecule has 1 aromatic heterocycles. The maximum absolute atomic E-state index is 12.5. The van der Waals surface area contributed by atoms with Gasteiger partial charge in [0, 0.05) is 32.2 Å². The number of nitrogens with two attached hydrogens (primary N) is 1. The second kappa shape index (κ2) is 10.1. The first-order valence-electron chi connectivity index (χ1n) is 9.34. The van der Waals surface area contributed by atoms with Crippen molar-refractivity contribution in [1.82, 2.24) is 14.9 Å². The largest absolute Gasteiger partial charge is 0.383 e. The summed E-state index contributed by atoms with van der Waals surface area (Å²) in [5.41, 5.74) is 5.20. The van der Waals surface area contributed by atoms with E-state index in [1.54, 1.807) is 24.3 Å². The van der Waals surface area contributed by atoms with Gasteiger partial charge in [0.1, 0.15) is 5.82 Å². The number of hydrogen-bond donors (Lipinski definition) is 4. The zero-order valence-electron chi connectivity index (χ0n) is 16.5. The lowest BCUT2D eigenvalue weighted by molar-refractivity contribution is -0.118. The lowest BCUT2D eigenvalue weighted by Crippen LogP contribution is -2.40. The van der Waals surface area contributed by atoms with E-state index in [4.69, 9.17) is 5.73 Å². The summed E-state index contributed by atoms with van der Waals surface area (Å²) in [7, 11) is 1.40. The maximum atomic E-state index is 12.5. The Kier molecular flexibility index (Phi) is 7.58. The number of benzene rings is 1. The number of amides is 3. The zero-order valence-corrected chi connectivity index (χ0v) is 16.5. The number of nitrogens with one attached hydrogen (secondary N) is 3. The summed E-state index contributed by atoms with van der Waals surface area (Å²) in [5.74, 6) is -0.485. The monoisotopic (exact) mass is 402 g/mol. The first-order valence-corrected chi connectivity index (χ1v) is 9.34. The third-order valence-corrected chi connectivity index (χ3v) is 4.31. The lowest BCUT2D eigenvalue weighted by Gasteiger charge is -2.20. The van der Waals surface area contributed by atoms with Crippen molar-refractivity contribution in [2.75, 3.05) is 29.5 Å². The number of nitrogen functional groups attached to an aromatic ring is 1. The average molecular weight is 402 g/mol. The van der Waals surface area contributed by atoms with Gasteiger partial charge in [-0.05, 0) is 18.6 Å². The van der Waals surface area contributed by atoms with E-state index in [1.165, 1.54) is 11.6 Å². The Labute approximate surface area is 167 Å². The SMILES string of the molecule is CCCCn1c(N)c(N(C)C(=O)CCNC(=O)Nc2ccccc2)c(=O)[nH]c1=O. The van der Waals surface area contributed by atoms with Crippen LogP contribution >= 0.6 is 0 Å². The van der Waals surface area contributed by atoms with Crippen molar-refractivity contribution >= 4 is 29.1 Å². The van der Waals surface area contributed by atoms with Crippen molar-refractivity contribution in [3.63, 3.8) is 0 Å². The van der Waals surface area contributed by atoms with Crippen molar-refractivity contribution in [2.45, 2.75) is 32.7 Å². The van der Waals surface area contributed by atoms with Crippen molar-refractivity contribution in [3.8, 4) is 0 Å². The topological polar surface area (TPSA) is 142 Å². The number of anilines is 3. The first-order chi connectivity index (χ1) is 13.8. The summed E-state index contributed by atoms with van der Waals surface area (Å²) in [6, 6.07) is 8.43. The number of aromatic nitrogens is 2. The van der Waals surface area contributed by atoms with E-state index in [0.717, 1.165) is 11.3 Å². The lowest BCUT2D eigenvalue weighted by atomic mass is 10.3. The molecule has 0 aliphatic rings. The fourth-order valence-corrected chi connectivity index (χ4v) is 2.71. The number of carbonyl (C=O) groups is 2. The van der Waals surface area contributed by atoms with Gasteiger partial charge < -0.3 is 21.3 Å². The molecule has 0 saturated heterocycles. The number of rotatable bonds is 8. The highest BCUT2D eigenvalue weighted by atomic mass is 16.2. The molecule has 0 atom stereocenters. The quantitative estimate of drug-likeness (QED) is 0.523. The molecule has 0 saturated carbocycles. The van der Waals surface area contributed by atoms with Gasteiger partial charge in [-0.15, -0.1) is 0 Å². The molecule has 5 N–H and O–H groups in total. The fraction of sp³-hybridized carbons (Fsp3) is 0.368. The Bertz CT molecular complexity index is 967. The number of hydrogen-bond acceptors (Lipinski definition) is 5. The molecular weight excluding hydrogens is 376 g/mol. The Hall–Kier alpha value is -3.56. The summed E-state index contributed by atoms with van der Waals surface area (Å²) >= 11 is 0. The van der Waals surface area contributed by atoms with Crippen LogP contribution in [0.1, 0.15) is 26.2 Å². The van der Waals surface area contributed by atoms with Gasteiger partial charge in [-0.1, -0.05) is 31.5 Å². The van der Waals surface area contributed by atoms with Gasteiger partial charge in [0.2, 0.25) is 5.91 Å². The summed E-state index contributed by atoms with van der Waals surface area (Å²) < 4.78 is 1.25. The minimum Gasteiger partial charge on any atom is -0.383 e. The number of carbonyl (C=O) groups excluding carboxylic acids is 2. The van der Waals surface area contributed by atoms with Gasteiger partial charge in [0.05, 0.1) is 0 Å². The Morgan fingerprint density at radius 3 is 2.55 bits per heavy atom. The predicted octanol–water partition coefficient (Wildman–Crippen LogP) is 1.09. The molecule has 0 fully saturated rings. The van der Waals surface area contributed by atoms with E-state index in [1.807, 2.05) is 13.0 Å². The highest BCUT2D eigenvalue weighted by Gasteiger charge is 2.20. The van der Waals surface area contributed by atoms with E-state index < -0.39 is 23.2 Å². The van der Waals surface area contributed by atoms with Gasteiger partial charge in [-0.3, -0.25) is 19.1 Å². The molecule has 29 heavy (non-hydrogen) atoms. The van der Waals surface area contributed by atoms with Gasteiger partial charge in [0.15, 0.2) is 5.69 Å². The summed E-state index contributed by atoms with van der Waals surface area (Å²) in [6.45, 7) is 2.37. The van der Waals surface area contributed by atoms with Crippen molar-refractivity contribution in [1.29, 1.82) is 0 Å². The molecule has 0 bridgehead atoms. The van der Waals surface area contributed by atoms with Gasteiger partial charge in [0.25, 0.3) is 5.56 Å². The number of H-pyrrole nitrogens is 1. The standard InChI is InChI=1S/C19H26N6O4/c1-3-4-12-25-16(20)15(17(27)23-19(25)29)24(2)14(26)10-11-21-18(28)22-13-8-6-5-7-9-13/h5-9H,3-4,10-12,20H2,1-2H3,(H2,21,22,28)(H,23,27,29). The highest BCUT2D eigenvalue weighted by Crippen LogP contribution is 2.16. The van der Waals surface area contributed by atoms with Gasteiger partial charge in [-0.2, -0.15) is 0 Å². The molecule has 0 unspecified atom stereocenters. The van der Waals surface area contributed by atoms with Crippen molar-refractivity contribution in [3.05, 3.63) is 51.2 Å². The fourth-order valence-electron chi connectivity index (χ4n) is 2.71. The molecule has 1 heterocycles. The van der Waals surface area contributed by atoms with Crippen LogP contribution in [0, 0.1) is 0 Å².